The summed E-state index contributed by atoms with van der Waals surface area (Å²) in [5.41, 5.74) is 0.443. The van der Waals surface area contributed by atoms with E-state index in [0.717, 1.165) is 0 Å². The molecule has 0 bridgehead atoms. The maximum Gasteiger partial charge on any atom is 0.243 e. The first-order chi connectivity index (χ1) is 14.7. The van der Waals surface area contributed by atoms with Crippen LogP contribution in [0.2, 0.25) is 0 Å². The number of rotatable bonds is 11. The molecule has 0 radical (unpaired) electrons. The molecule has 0 aromatic heterocycles. The Hall–Kier alpha value is -2.91. The highest BCUT2D eigenvalue weighted by molar-refractivity contribution is 7.89. The zero-order chi connectivity index (χ0) is 23.0. The molecule has 2 aromatic carbocycles. The molecule has 31 heavy (non-hydrogen) atoms. The predicted molar refractivity (Wildman–Crippen MR) is 118 cm³/mol. The van der Waals surface area contributed by atoms with Crippen LogP contribution in [0, 0.1) is 0 Å². The molecule has 0 aliphatic rings. The van der Waals surface area contributed by atoms with E-state index in [4.69, 9.17) is 4.74 Å². The number of sulfonamides is 1. The maximum atomic E-state index is 12.7. The van der Waals surface area contributed by atoms with Gasteiger partial charge >= 0.3 is 0 Å². The molecule has 2 N–H and O–H groups in total. The van der Waals surface area contributed by atoms with Gasteiger partial charge in [0.05, 0.1) is 17.2 Å². The molecule has 2 aromatic rings. The van der Waals surface area contributed by atoms with Crippen LogP contribution >= 0.6 is 0 Å². The van der Waals surface area contributed by atoms with Gasteiger partial charge in [0.2, 0.25) is 15.9 Å². The van der Waals surface area contributed by atoms with Crippen molar-refractivity contribution in [3.63, 3.8) is 0 Å². The Morgan fingerprint density at radius 3 is 2.23 bits per heavy atom. The summed E-state index contributed by atoms with van der Waals surface area (Å²) in [6, 6.07) is 10.4. The Morgan fingerprint density at radius 2 is 1.65 bits per heavy atom. The van der Waals surface area contributed by atoms with Crippen molar-refractivity contribution < 1.29 is 27.9 Å². The number of nitrogens with one attached hydrogen (secondary N) is 1. The number of ketones is 1. The van der Waals surface area contributed by atoms with Gasteiger partial charge < -0.3 is 15.2 Å². The third-order valence-corrected chi connectivity index (χ3v) is 6.70. The number of hydrogen-bond donors (Lipinski definition) is 2. The van der Waals surface area contributed by atoms with Crippen LogP contribution in [-0.4, -0.2) is 49.2 Å². The van der Waals surface area contributed by atoms with Crippen molar-refractivity contribution in [2.75, 3.05) is 25.0 Å². The minimum absolute atomic E-state index is 0.0215. The lowest BCUT2D eigenvalue weighted by molar-refractivity contribution is -0.116. The fourth-order valence-corrected chi connectivity index (χ4v) is 4.46. The molecule has 1 amide bonds. The Labute approximate surface area is 182 Å². The minimum atomic E-state index is -3.74. The van der Waals surface area contributed by atoms with Crippen LogP contribution in [0.3, 0.4) is 0 Å². The first kappa shape index (κ1) is 24.4. The van der Waals surface area contributed by atoms with Gasteiger partial charge in [0, 0.05) is 31.5 Å². The standard InChI is InChI=1S/C22H28N2O6S/c1-4-24(5-2)31(28,29)18-11-12-21(26)19(15-18)23-22(27)14-13-20(25)16-7-9-17(10-8-16)30-6-3/h7-12,15,26H,4-6,13-14H2,1-3H3,(H,23,27). The number of carbonyl (C=O) groups is 2. The first-order valence-electron chi connectivity index (χ1n) is 10.1. The highest BCUT2D eigenvalue weighted by Gasteiger charge is 2.23. The van der Waals surface area contributed by atoms with Crippen molar-refractivity contribution in [2.45, 2.75) is 38.5 Å². The molecular formula is C22H28N2O6S. The van der Waals surface area contributed by atoms with E-state index in [1.807, 2.05) is 6.92 Å². The summed E-state index contributed by atoms with van der Waals surface area (Å²) in [6.07, 6.45) is -0.142. The number of phenols is 1. The lowest BCUT2D eigenvalue weighted by Crippen LogP contribution is -2.30. The third-order valence-electron chi connectivity index (χ3n) is 4.65. The van der Waals surface area contributed by atoms with Gasteiger partial charge in [0.1, 0.15) is 11.5 Å². The summed E-state index contributed by atoms with van der Waals surface area (Å²) >= 11 is 0. The quantitative estimate of drug-likeness (QED) is 0.402. The van der Waals surface area contributed by atoms with Gasteiger partial charge in [-0.3, -0.25) is 9.59 Å². The summed E-state index contributed by atoms with van der Waals surface area (Å²) < 4.78 is 31.9. The number of amides is 1. The van der Waals surface area contributed by atoms with E-state index in [2.05, 4.69) is 5.32 Å². The average molecular weight is 449 g/mol. The molecule has 168 valence electrons. The van der Waals surface area contributed by atoms with E-state index in [9.17, 15) is 23.1 Å². The molecule has 8 nitrogen and oxygen atoms in total. The van der Waals surface area contributed by atoms with E-state index in [1.165, 1.54) is 22.5 Å². The monoisotopic (exact) mass is 448 g/mol. The Morgan fingerprint density at radius 1 is 1.00 bits per heavy atom. The van der Waals surface area contributed by atoms with E-state index in [0.29, 0.717) is 31.0 Å². The molecule has 0 saturated heterocycles. The molecule has 0 heterocycles. The third kappa shape index (κ3) is 6.28. The van der Waals surface area contributed by atoms with E-state index in [-0.39, 0.29) is 35.0 Å². The maximum absolute atomic E-state index is 12.7. The summed E-state index contributed by atoms with van der Waals surface area (Å²) in [6.45, 7) is 6.45. The number of carbonyl (C=O) groups excluding carboxylic acids is 2. The molecule has 9 heteroatoms. The van der Waals surface area contributed by atoms with E-state index >= 15 is 0 Å². The lowest BCUT2D eigenvalue weighted by atomic mass is 10.1. The van der Waals surface area contributed by atoms with E-state index < -0.39 is 15.9 Å². The summed E-state index contributed by atoms with van der Waals surface area (Å²) in [5.74, 6) is -0.316. The summed E-state index contributed by atoms with van der Waals surface area (Å²) in [4.78, 5) is 24.6. The second kappa shape index (κ2) is 10.9. The molecule has 0 fully saturated rings. The van der Waals surface area contributed by atoms with Gasteiger partial charge in [-0.1, -0.05) is 13.8 Å². The SMILES string of the molecule is CCOc1ccc(C(=O)CCC(=O)Nc2cc(S(=O)(=O)N(CC)CC)ccc2O)cc1. The van der Waals surface area contributed by atoms with Gasteiger partial charge in [-0.25, -0.2) is 8.42 Å². The second-order valence-electron chi connectivity index (χ2n) is 6.70. The van der Waals surface area contributed by atoms with Crippen molar-refractivity contribution in [2.24, 2.45) is 0 Å². The fourth-order valence-electron chi connectivity index (χ4n) is 2.98. The minimum Gasteiger partial charge on any atom is -0.506 e. The number of aromatic hydroxyl groups is 1. The van der Waals surface area contributed by atoms with Crippen molar-refractivity contribution in [1.82, 2.24) is 4.31 Å². The Balaban J connectivity index is 2.04. The van der Waals surface area contributed by atoms with Crippen LogP contribution in [0.15, 0.2) is 47.4 Å². The topological polar surface area (TPSA) is 113 Å². The number of ether oxygens (including phenoxy) is 1. The summed E-state index contributed by atoms with van der Waals surface area (Å²) in [7, 11) is -3.74. The van der Waals surface area contributed by atoms with Gasteiger partial charge in [0.15, 0.2) is 5.78 Å². The average Bonchev–Trinajstić information content (AvgIpc) is 2.75. The number of Topliss-reactive ketones (excluding diaryl/α,β-unsaturated/α-hetero) is 1. The number of anilines is 1. The summed E-state index contributed by atoms with van der Waals surface area (Å²) in [5, 5.41) is 12.5. The highest BCUT2D eigenvalue weighted by Crippen LogP contribution is 2.28. The molecule has 0 saturated carbocycles. The number of phenolic OH excluding ortho intramolecular Hbond substituents is 1. The lowest BCUT2D eigenvalue weighted by Gasteiger charge is -2.19. The smallest absolute Gasteiger partial charge is 0.243 e. The molecular weight excluding hydrogens is 420 g/mol. The zero-order valence-electron chi connectivity index (χ0n) is 17.9. The molecule has 0 unspecified atom stereocenters. The molecule has 0 spiro atoms. The first-order valence-corrected chi connectivity index (χ1v) is 11.6. The largest absolute Gasteiger partial charge is 0.506 e. The van der Waals surface area contributed by atoms with Crippen LogP contribution in [0.25, 0.3) is 0 Å². The van der Waals surface area contributed by atoms with Gasteiger partial charge in [-0.05, 0) is 49.4 Å². The van der Waals surface area contributed by atoms with E-state index in [1.54, 1.807) is 38.1 Å². The van der Waals surface area contributed by atoms with Crippen molar-refractivity contribution in [3.05, 3.63) is 48.0 Å². The van der Waals surface area contributed by atoms with Crippen LogP contribution in [0.4, 0.5) is 5.69 Å². The van der Waals surface area contributed by atoms with Crippen LogP contribution < -0.4 is 10.1 Å². The van der Waals surface area contributed by atoms with Crippen molar-refractivity contribution >= 4 is 27.4 Å². The van der Waals surface area contributed by atoms with Crippen molar-refractivity contribution in [1.29, 1.82) is 0 Å². The molecule has 0 aliphatic carbocycles. The Bertz CT molecular complexity index is 1010. The van der Waals surface area contributed by atoms with Crippen LogP contribution in [-0.2, 0) is 14.8 Å². The second-order valence-corrected chi connectivity index (χ2v) is 8.63. The molecule has 2 rings (SSSR count). The highest BCUT2D eigenvalue weighted by atomic mass is 32.2. The Kier molecular flexibility index (Phi) is 8.58. The number of nitrogens with zero attached hydrogens (tertiary/aromatic N) is 1. The predicted octanol–water partition coefficient (Wildman–Crippen LogP) is 3.42. The number of benzene rings is 2. The number of hydrogen-bond acceptors (Lipinski definition) is 6. The van der Waals surface area contributed by atoms with Crippen LogP contribution in [0.5, 0.6) is 11.5 Å². The molecule has 0 aliphatic heterocycles. The fraction of sp³-hybridized carbons (Fsp3) is 0.364. The normalized spacial score (nSPS) is 11.4. The van der Waals surface area contributed by atoms with Gasteiger partial charge in [-0.15, -0.1) is 0 Å². The van der Waals surface area contributed by atoms with Gasteiger partial charge in [0.25, 0.3) is 0 Å². The zero-order valence-corrected chi connectivity index (χ0v) is 18.7. The van der Waals surface area contributed by atoms with Crippen molar-refractivity contribution in [3.8, 4) is 11.5 Å². The molecule has 0 atom stereocenters. The van der Waals surface area contributed by atoms with Gasteiger partial charge in [-0.2, -0.15) is 4.31 Å². The van der Waals surface area contributed by atoms with Crippen LogP contribution in [0.1, 0.15) is 44.0 Å².